The summed E-state index contributed by atoms with van der Waals surface area (Å²) in [4.78, 5) is 26.9. The van der Waals surface area contributed by atoms with E-state index >= 15 is 0 Å². The molecule has 3 aromatic heterocycles. The van der Waals surface area contributed by atoms with Gasteiger partial charge in [0.25, 0.3) is 5.91 Å². The first-order valence-electron chi connectivity index (χ1n) is 12.8. The minimum absolute atomic E-state index is 0.119. The maximum Gasteiger partial charge on any atom is 0.388 e. The van der Waals surface area contributed by atoms with E-state index in [-0.39, 0.29) is 24.2 Å². The molecule has 11 nitrogen and oxygen atoms in total. The van der Waals surface area contributed by atoms with Gasteiger partial charge in [0.15, 0.2) is 0 Å². The first-order valence-corrected chi connectivity index (χ1v) is 13.6. The molecular formula is C24H27F3N8O3S. The van der Waals surface area contributed by atoms with Crippen molar-refractivity contribution in [2.24, 2.45) is 18.9 Å². The van der Waals surface area contributed by atoms with Gasteiger partial charge in [0.05, 0.1) is 11.5 Å². The molecule has 0 bridgehead atoms. The fourth-order valence-electron chi connectivity index (χ4n) is 4.84. The molecule has 0 aromatic carbocycles. The number of thiophene rings is 1. The Hall–Kier alpha value is -3.62. The number of ether oxygens (including phenoxy) is 1. The second kappa shape index (κ2) is 10.2. The number of nitrogens with zero attached hydrogens (tertiary/aromatic N) is 5. The first-order chi connectivity index (χ1) is 18.8. The molecule has 3 aliphatic carbocycles. The number of aromatic nitrogens is 5. The summed E-state index contributed by atoms with van der Waals surface area (Å²) < 4.78 is 46.3. The summed E-state index contributed by atoms with van der Waals surface area (Å²) in [5, 5.41) is 21.4. The van der Waals surface area contributed by atoms with E-state index in [0.717, 1.165) is 29.7 Å². The Balaban J connectivity index is 1.24. The fraction of sp³-hybridized carbons (Fsp3) is 0.542. The summed E-state index contributed by atoms with van der Waals surface area (Å²) in [5.41, 5.74) is 1.29. The standard InChI is InChI=1S/C24H27F3N8O3S/c1-34-17(8-18(33-34)38-23(26)27)30-24-32-29-10-35(24)12-4-5-16-14(6-12)19(21(37)28-9-11-2-3-11)22(39-16)31-20(36)13-7-15(13)25/h8,10-13,15,23H,2-7,9H2,1H3,(H,28,37)(H,30,32)(H,31,36)/t12-,13-,15-/m0/s1. The van der Waals surface area contributed by atoms with Crippen LogP contribution in [-0.4, -0.2) is 55.7 Å². The number of aryl methyl sites for hydroxylation is 2. The third-order valence-corrected chi connectivity index (χ3v) is 8.48. The van der Waals surface area contributed by atoms with Crippen molar-refractivity contribution in [1.82, 2.24) is 29.9 Å². The molecule has 39 heavy (non-hydrogen) atoms. The van der Waals surface area contributed by atoms with Crippen LogP contribution < -0.4 is 20.7 Å². The van der Waals surface area contributed by atoms with Gasteiger partial charge in [-0.05, 0) is 50.0 Å². The van der Waals surface area contributed by atoms with Crippen LogP contribution in [0.3, 0.4) is 0 Å². The van der Waals surface area contributed by atoms with Crippen molar-refractivity contribution in [2.75, 3.05) is 17.2 Å². The summed E-state index contributed by atoms with van der Waals surface area (Å²) in [6.07, 6.45) is 4.69. The highest BCUT2D eigenvalue weighted by Crippen LogP contribution is 2.43. The van der Waals surface area contributed by atoms with Crippen LogP contribution in [-0.2, 0) is 24.7 Å². The van der Waals surface area contributed by atoms with Crippen molar-refractivity contribution in [3.63, 3.8) is 0 Å². The Morgan fingerprint density at radius 3 is 2.79 bits per heavy atom. The largest absolute Gasteiger partial charge is 0.415 e. The van der Waals surface area contributed by atoms with Crippen LogP contribution in [0.4, 0.5) is 29.9 Å². The zero-order valence-corrected chi connectivity index (χ0v) is 21.8. The molecule has 15 heteroatoms. The summed E-state index contributed by atoms with van der Waals surface area (Å²) in [6.45, 7) is -2.41. The van der Waals surface area contributed by atoms with Crippen molar-refractivity contribution in [2.45, 2.75) is 57.3 Å². The first kappa shape index (κ1) is 25.6. The van der Waals surface area contributed by atoms with Crippen LogP contribution >= 0.6 is 11.3 Å². The summed E-state index contributed by atoms with van der Waals surface area (Å²) in [6, 6.07) is 1.22. The quantitative estimate of drug-likeness (QED) is 0.343. The van der Waals surface area contributed by atoms with E-state index in [0.29, 0.717) is 47.6 Å². The molecule has 0 aliphatic heterocycles. The van der Waals surface area contributed by atoms with E-state index in [1.165, 1.54) is 22.1 Å². The predicted molar refractivity (Wildman–Crippen MR) is 135 cm³/mol. The van der Waals surface area contributed by atoms with Gasteiger partial charge in [0, 0.05) is 30.6 Å². The Kier molecular flexibility index (Phi) is 6.69. The zero-order valence-electron chi connectivity index (χ0n) is 21.0. The molecule has 3 aromatic rings. The van der Waals surface area contributed by atoms with Crippen LogP contribution in [0, 0.1) is 11.8 Å². The lowest BCUT2D eigenvalue weighted by molar-refractivity contribution is -0.117. The number of hydrogen-bond donors (Lipinski definition) is 3. The number of carbonyl (C=O) groups is 2. The lowest BCUT2D eigenvalue weighted by atomic mass is 9.91. The lowest BCUT2D eigenvalue weighted by Gasteiger charge is -2.25. The Bertz CT molecular complexity index is 1400. The predicted octanol–water partition coefficient (Wildman–Crippen LogP) is 3.58. The van der Waals surface area contributed by atoms with E-state index in [1.807, 2.05) is 4.57 Å². The normalized spacial score (nSPS) is 21.9. The smallest absolute Gasteiger partial charge is 0.388 e. The number of fused-ring (bicyclic) bond motifs is 1. The summed E-state index contributed by atoms with van der Waals surface area (Å²) >= 11 is 1.37. The van der Waals surface area contributed by atoms with Crippen molar-refractivity contribution >= 4 is 39.9 Å². The average Bonchev–Trinajstić information content (AvgIpc) is 3.73. The molecule has 0 radical (unpaired) electrons. The molecule has 2 amide bonds. The molecule has 208 valence electrons. The van der Waals surface area contributed by atoms with Crippen molar-refractivity contribution < 1.29 is 27.5 Å². The van der Waals surface area contributed by atoms with Gasteiger partial charge in [0.1, 0.15) is 23.3 Å². The van der Waals surface area contributed by atoms with E-state index in [4.69, 9.17) is 0 Å². The molecular weight excluding hydrogens is 537 g/mol. The molecule has 3 aliphatic rings. The molecule has 2 fully saturated rings. The number of carbonyl (C=O) groups excluding carboxylic acids is 2. The lowest BCUT2D eigenvalue weighted by Crippen LogP contribution is -2.29. The van der Waals surface area contributed by atoms with Crippen LogP contribution in [0.5, 0.6) is 5.88 Å². The number of alkyl halides is 3. The second-order valence-electron chi connectivity index (χ2n) is 10.2. The van der Waals surface area contributed by atoms with E-state index in [9.17, 15) is 22.8 Å². The molecule has 0 spiro atoms. The molecule has 2 saturated carbocycles. The van der Waals surface area contributed by atoms with Gasteiger partial charge >= 0.3 is 6.61 Å². The van der Waals surface area contributed by atoms with Gasteiger partial charge in [-0.15, -0.1) is 26.6 Å². The third-order valence-electron chi connectivity index (χ3n) is 7.27. The molecule has 3 heterocycles. The van der Waals surface area contributed by atoms with Gasteiger partial charge in [-0.1, -0.05) is 0 Å². The number of halogens is 3. The Morgan fingerprint density at radius 2 is 2.08 bits per heavy atom. The van der Waals surface area contributed by atoms with Gasteiger partial charge in [0.2, 0.25) is 17.7 Å². The van der Waals surface area contributed by atoms with Crippen molar-refractivity contribution in [3.05, 3.63) is 28.4 Å². The maximum atomic E-state index is 13.5. The summed E-state index contributed by atoms with van der Waals surface area (Å²) in [7, 11) is 1.58. The SMILES string of the molecule is Cn1nc(OC(F)F)cc1Nc1nncn1[C@H]1CCc2sc(NC(=O)[C@H]3C[C@@H]3F)c(C(=O)NCC3CC3)c2C1. The van der Waals surface area contributed by atoms with E-state index in [1.54, 1.807) is 13.4 Å². The zero-order chi connectivity index (χ0) is 27.3. The van der Waals surface area contributed by atoms with Crippen LogP contribution in [0.2, 0.25) is 0 Å². The number of amides is 2. The molecule has 6 rings (SSSR count). The monoisotopic (exact) mass is 564 g/mol. The fourth-order valence-corrected chi connectivity index (χ4v) is 6.08. The minimum atomic E-state index is -2.99. The third kappa shape index (κ3) is 5.44. The van der Waals surface area contributed by atoms with Crippen LogP contribution in [0.1, 0.15) is 52.5 Å². The van der Waals surface area contributed by atoms with Crippen LogP contribution in [0.15, 0.2) is 12.4 Å². The highest BCUT2D eigenvalue weighted by molar-refractivity contribution is 7.17. The number of rotatable bonds is 10. The maximum absolute atomic E-state index is 13.5. The molecule has 3 atom stereocenters. The minimum Gasteiger partial charge on any atom is -0.415 e. The second-order valence-corrected chi connectivity index (χ2v) is 11.3. The molecule has 0 unspecified atom stereocenters. The van der Waals surface area contributed by atoms with E-state index < -0.39 is 24.6 Å². The number of hydrogen-bond acceptors (Lipinski definition) is 8. The average molecular weight is 565 g/mol. The van der Waals surface area contributed by atoms with Gasteiger partial charge in [-0.25, -0.2) is 9.07 Å². The van der Waals surface area contributed by atoms with E-state index in [2.05, 4.69) is 36.0 Å². The Morgan fingerprint density at radius 1 is 1.28 bits per heavy atom. The highest BCUT2D eigenvalue weighted by Gasteiger charge is 2.44. The highest BCUT2D eigenvalue weighted by atomic mass is 32.1. The topological polar surface area (TPSA) is 128 Å². The van der Waals surface area contributed by atoms with Gasteiger partial charge in [-0.3, -0.25) is 14.2 Å². The van der Waals surface area contributed by atoms with Crippen molar-refractivity contribution in [3.8, 4) is 5.88 Å². The number of anilines is 3. The van der Waals surface area contributed by atoms with Crippen molar-refractivity contribution in [1.29, 1.82) is 0 Å². The summed E-state index contributed by atoms with van der Waals surface area (Å²) in [5.74, 6) is -0.300. The molecule has 0 saturated heterocycles. The molecule has 3 N–H and O–H groups in total. The van der Waals surface area contributed by atoms with Crippen LogP contribution in [0.25, 0.3) is 0 Å². The van der Waals surface area contributed by atoms with Gasteiger partial charge < -0.3 is 20.7 Å². The Labute approximate surface area is 225 Å². The number of nitrogens with one attached hydrogen (secondary N) is 3. The van der Waals surface area contributed by atoms with Gasteiger partial charge in [-0.2, -0.15) is 8.78 Å².